The molecule has 0 heterocycles. The molecule has 2 aromatic carbocycles. The fourth-order valence-electron chi connectivity index (χ4n) is 3.90. The molecule has 140 valence electrons. The maximum absolute atomic E-state index is 12.8. The average Bonchev–Trinajstić information content (AvgIpc) is 2.64. The fraction of sp³-hybridized carbons (Fsp3) is 0.429. The van der Waals surface area contributed by atoms with Crippen molar-refractivity contribution in [3.63, 3.8) is 0 Å². The van der Waals surface area contributed by atoms with Crippen LogP contribution in [0.3, 0.4) is 0 Å². The molecule has 1 fully saturated rings. The van der Waals surface area contributed by atoms with Crippen LogP contribution >= 0.6 is 0 Å². The van der Waals surface area contributed by atoms with E-state index in [0.29, 0.717) is 4.90 Å². The molecule has 0 aromatic heterocycles. The molecule has 1 aliphatic carbocycles. The zero-order chi connectivity index (χ0) is 18.6. The standard InChI is InChI=1S/C21H28N2O2S/c1-3-23(18-11-9-10-17(2)16-18)21-15-8-7-14-20(21)22-26(24,25)19-12-5-4-6-13-19/h4-6,9-13,16,20-22H,3,7-8,14-15H2,1-2H3/t20-,21-/m1/s1. The summed E-state index contributed by atoms with van der Waals surface area (Å²) in [5, 5.41) is 0. The monoisotopic (exact) mass is 372 g/mol. The van der Waals surface area contributed by atoms with Crippen LogP contribution in [0.4, 0.5) is 5.69 Å². The molecule has 0 spiro atoms. The summed E-state index contributed by atoms with van der Waals surface area (Å²) >= 11 is 0. The van der Waals surface area contributed by atoms with Crippen LogP contribution in [0.25, 0.3) is 0 Å². The smallest absolute Gasteiger partial charge is 0.240 e. The predicted octanol–water partition coefficient (Wildman–Crippen LogP) is 4.11. The number of likely N-dealkylation sites (N-methyl/N-ethyl adjacent to an activating group) is 1. The van der Waals surface area contributed by atoms with E-state index in [1.807, 2.05) is 6.07 Å². The van der Waals surface area contributed by atoms with Gasteiger partial charge in [-0.3, -0.25) is 0 Å². The molecule has 2 atom stereocenters. The number of hydrogen-bond acceptors (Lipinski definition) is 3. The fourth-order valence-corrected chi connectivity index (χ4v) is 5.23. The van der Waals surface area contributed by atoms with Crippen molar-refractivity contribution >= 4 is 15.7 Å². The third kappa shape index (κ3) is 4.27. The van der Waals surface area contributed by atoms with Gasteiger partial charge in [-0.05, 0) is 56.5 Å². The van der Waals surface area contributed by atoms with Crippen LogP contribution in [0, 0.1) is 6.92 Å². The second kappa shape index (κ2) is 8.23. The van der Waals surface area contributed by atoms with Crippen molar-refractivity contribution in [2.45, 2.75) is 56.5 Å². The molecule has 0 amide bonds. The van der Waals surface area contributed by atoms with Gasteiger partial charge < -0.3 is 4.90 Å². The van der Waals surface area contributed by atoms with Crippen molar-refractivity contribution < 1.29 is 8.42 Å². The van der Waals surface area contributed by atoms with E-state index in [4.69, 9.17) is 0 Å². The Balaban J connectivity index is 1.85. The zero-order valence-corrected chi connectivity index (χ0v) is 16.4. The molecular formula is C21H28N2O2S. The van der Waals surface area contributed by atoms with Gasteiger partial charge in [-0.25, -0.2) is 13.1 Å². The molecule has 1 N–H and O–H groups in total. The van der Waals surface area contributed by atoms with Crippen LogP contribution in [-0.2, 0) is 10.0 Å². The molecule has 0 unspecified atom stereocenters. The second-order valence-corrected chi connectivity index (χ2v) is 8.73. The third-order valence-electron chi connectivity index (χ3n) is 5.16. The maximum Gasteiger partial charge on any atom is 0.240 e. The minimum absolute atomic E-state index is 0.0746. The van der Waals surface area contributed by atoms with Gasteiger partial charge in [-0.15, -0.1) is 0 Å². The topological polar surface area (TPSA) is 49.4 Å². The largest absolute Gasteiger partial charge is 0.367 e. The summed E-state index contributed by atoms with van der Waals surface area (Å²) in [7, 11) is -3.50. The summed E-state index contributed by atoms with van der Waals surface area (Å²) in [4.78, 5) is 2.69. The molecule has 0 aliphatic heterocycles. The van der Waals surface area contributed by atoms with E-state index in [1.54, 1.807) is 24.3 Å². The molecule has 0 radical (unpaired) electrons. The lowest BCUT2D eigenvalue weighted by molar-refractivity contribution is 0.345. The number of aryl methyl sites for hydroxylation is 1. The van der Waals surface area contributed by atoms with Gasteiger partial charge in [0.05, 0.1) is 4.90 Å². The number of benzene rings is 2. The van der Waals surface area contributed by atoms with E-state index in [1.165, 1.54) is 11.3 Å². The molecule has 0 saturated heterocycles. The molecule has 1 aliphatic rings. The molecule has 1 saturated carbocycles. The lowest BCUT2D eigenvalue weighted by Gasteiger charge is -2.41. The van der Waals surface area contributed by atoms with Crippen LogP contribution in [-0.4, -0.2) is 27.0 Å². The SMILES string of the molecule is CCN(c1cccc(C)c1)[C@@H]1CCCC[C@H]1NS(=O)(=O)c1ccccc1. The summed E-state index contributed by atoms with van der Waals surface area (Å²) in [5.41, 5.74) is 2.39. The first-order valence-electron chi connectivity index (χ1n) is 9.42. The van der Waals surface area contributed by atoms with E-state index in [9.17, 15) is 8.42 Å². The first-order chi connectivity index (χ1) is 12.5. The van der Waals surface area contributed by atoms with Crippen LogP contribution < -0.4 is 9.62 Å². The van der Waals surface area contributed by atoms with Gasteiger partial charge in [0.1, 0.15) is 0 Å². The van der Waals surface area contributed by atoms with Crippen molar-refractivity contribution in [2.24, 2.45) is 0 Å². The Morgan fingerprint density at radius 1 is 1.04 bits per heavy atom. The average molecular weight is 373 g/mol. The number of nitrogens with one attached hydrogen (secondary N) is 1. The lowest BCUT2D eigenvalue weighted by Crippen LogP contribution is -2.53. The lowest BCUT2D eigenvalue weighted by atomic mass is 9.89. The molecule has 0 bridgehead atoms. The summed E-state index contributed by atoms with van der Waals surface area (Å²) in [5.74, 6) is 0. The Morgan fingerprint density at radius 2 is 1.77 bits per heavy atom. The molecular weight excluding hydrogens is 344 g/mol. The van der Waals surface area contributed by atoms with Gasteiger partial charge in [-0.2, -0.15) is 0 Å². The quantitative estimate of drug-likeness (QED) is 0.830. The van der Waals surface area contributed by atoms with Gasteiger partial charge in [0.2, 0.25) is 10.0 Å². The summed E-state index contributed by atoms with van der Waals surface area (Å²) in [6.07, 6.45) is 4.07. The van der Waals surface area contributed by atoms with Crippen LogP contribution in [0.15, 0.2) is 59.5 Å². The normalized spacial score (nSPS) is 20.7. The Kier molecular flexibility index (Phi) is 5.99. The summed E-state index contributed by atoms with van der Waals surface area (Å²) < 4.78 is 28.6. The predicted molar refractivity (Wildman–Crippen MR) is 107 cm³/mol. The van der Waals surface area contributed by atoms with E-state index in [-0.39, 0.29) is 12.1 Å². The highest BCUT2D eigenvalue weighted by atomic mass is 32.2. The van der Waals surface area contributed by atoms with Crippen LogP contribution in [0.5, 0.6) is 0 Å². The van der Waals surface area contributed by atoms with Crippen LogP contribution in [0.1, 0.15) is 38.2 Å². The Morgan fingerprint density at radius 3 is 2.46 bits per heavy atom. The van der Waals surface area contributed by atoms with E-state index >= 15 is 0 Å². The molecule has 3 rings (SSSR count). The van der Waals surface area contributed by atoms with Gasteiger partial charge >= 0.3 is 0 Å². The van der Waals surface area contributed by atoms with E-state index < -0.39 is 10.0 Å². The molecule has 26 heavy (non-hydrogen) atoms. The second-order valence-electron chi connectivity index (χ2n) is 7.02. The van der Waals surface area contributed by atoms with Crippen molar-refractivity contribution in [2.75, 3.05) is 11.4 Å². The number of nitrogens with zero attached hydrogens (tertiary/aromatic N) is 1. The number of hydrogen-bond donors (Lipinski definition) is 1. The maximum atomic E-state index is 12.8. The number of rotatable bonds is 6. The summed E-state index contributed by atoms with van der Waals surface area (Å²) in [6.45, 7) is 5.09. The molecule has 4 nitrogen and oxygen atoms in total. The first kappa shape index (κ1) is 18.9. The van der Waals surface area contributed by atoms with Gasteiger partial charge in [0.25, 0.3) is 0 Å². The van der Waals surface area contributed by atoms with Gasteiger partial charge in [0.15, 0.2) is 0 Å². The highest BCUT2D eigenvalue weighted by Gasteiger charge is 2.33. The van der Waals surface area contributed by atoms with Crippen molar-refractivity contribution in [1.29, 1.82) is 0 Å². The van der Waals surface area contributed by atoms with E-state index in [2.05, 4.69) is 47.7 Å². The Hall–Kier alpha value is -1.85. The molecule has 5 heteroatoms. The van der Waals surface area contributed by atoms with Gasteiger partial charge in [-0.1, -0.05) is 43.2 Å². The van der Waals surface area contributed by atoms with Crippen molar-refractivity contribution in [1.82, 2.24) is 4.72 Å². The Bertz CT molecular complexity index is 821. The van der Waals surface area contributed by atoms with Gasteiger partial charge in [0, 0.05) is 24.3 Å². The summed E-state index contributed by atoms with van der Waals surface area (Å²) in [6, 6.07) is 17.2. The number of anilines is 1. The first-order valence-corrected chi connectivity index (χ1v) is 10.9. The van der Waals surface area contributed by atoms with Crippen molar-refractivity contribution in [3.8, 4) is 0 Å². The zero-order valence-electron chi connectivity index (χ0n) is 15.6. The van der Waals surface area contributed by atoms with Crippen molar-refractivity contribution in [3.05, 3.63) is 60.2 Å². The van der Waals surface area contributed by atoms with Crippen LogP contribution in [0.2, 0.25) is 0 Å². The Labute approximate surface area is 157 Å². The molecule has 2 aromatic rings. The van der Waals surface area contributed by atoms with E-state index in [0.717, 1.165) is 32.2 Å². The highest BCUT2D eigenvalue weighted by molar-refractivity contribution is 7.89. The third-order valence-corrected chi connectivity index (χ3v) is 6.67. The minimum Gasteiger partial charge on any atom is -0.367 e. The highest BCUT2D eigenvalue weighted by Crippen LogP contribution is 2.29. The number of sulfonamides is 1. The minimum atomic E-state index is -3.50.